The summed E-state index contributed by atoms with van der Waals surface area (Å²) < 4.78 is 0. The van der Waals surface area contributed by atoms with Crippen molar-refractivity contribution in [2.75, 3.05) is 5.32 Å². The topological polar surface area (TPSA) is 41.1 Å². The van der Waals surface area contributed by atoms with Crippen molar-refractivity contribution in [2.24, 2.45) is 0 Å². The Kier molecular flexibility index (Phi) is 5.23. The van der Waals surface area contributed by atoms with E-state index in [1.54, 1.807) is 24.3 Å². The lowest BCUT2D eigenvalue weighted by Crippen LogP contribution is -2.31. The zero-order valence-corrected chi connectivity index (χ0v) is 12.9. The number of hydrogen-bond acceptors (Lipinski definition) is 1. The molecule has 0 heterocycles. The number of carbonyl (C=O) groups is 1. The van der Waals surface area contributed by atoms with Gasteiger partial charge >= 0.3 is 6.03 Å². The van der Waals surface area contributed by atoms with Crippen LogP contribution in [0.3, 0.4) is 0 Å². The van der Waals surface area contributed by atoms with Crippen LogP contribution in [0.1, 0.15) is 31.0 Å². The second-order valence-electron chi connectivity index (χ2n) is 4.93. The SMILES string of the molecule is CCc1ccc([C@H](C)NC(=O)Nc2cccc(Cl)c2)cc1. The summed E-state index contributed by atoms with van der Waals surface area (Å²) in [5.41, 5.74) is 3.04. The van der Waals surface area contributed by atoms with E-state index < -0.39 is 0 Å². The van der Waals surface area contributed by atoms with Gasteiger partial charge in [0.2, 0.25) is 0 Å². The minimum absolute atomic E-state index is 0.0601. The number of carbonyl (C=O) groups excluding carboxylic acids is 1. The van der Waals surface area contributed by atoms with Gasteiger partial charge in [0, 0.05) is 10.7 Å². The molecule has 2 amide bonds. The summed E-state index contributed by atoms with van der Waals surface area (Å²) in [7, 11) is 0. The molecule has 2 aromatic rings. The Morgan fingerprint density at radius 1 is 1.19 bits per heavy atom. The number of nitrogens with one attached hydrogen (secondary N) is 2. The van der Waals surface area contributed by atoms with Crippen LogP contribution in [0.2, 0.25) is 5.02 Å². The maximum atomic E-state index is 12.0. The van der Waals surface area contributed by atoms with Crippen LogP contribution < -0.4 is 10.6 Å². The Morgan fingerprint density at radius 2 is 1.90 bits per heavy atom. The maximum absolute atomic E-state index is 12.0. The standard InChI is InChI=1S/C17H19ClN2O/c1-3-13-7-9-14(10-8-13)12(2)19-17(21)20-16-6-4-5-15(18)11-16/h4-12H,3H2,1-2H3,(H2,19,20,21)/t12-/m0/s1. The Morgan fingerprint density at radius 3 is 2.52 bits per heavy atom. The predicted octanol–water partition coefficient (Wildman–Crippen LogP) is 4.79. The average Bonchev–Trinajstić information content (AvgIpc) is 2.47. The van der Waals surface area contributed by atoms with Crippen LogP contribution in [0, 0.1) is 0 Å². The quantitative estimate of drug-likeness (QED) is 0.838. The number of anilines is 1. The van der Waals surface area contributed by atoms with E-state index in [1.807, 2.05) is 19.1 Å². The van der Waals surface area contributed by atoms with Gasteiger partial charge in [-0.25, -0.2) is 4.79 Å². The Balaban J connectivity index is 1.95. The molecular formula is C17H19ClN2O. The van der Waals surface area contributed by atoms with Gasteiger partial charge in [0.15, 0.2) is 0 Å². The molecule has 0 spiro atoms. The van der Waals surface area contributed by atoms with Crippen molar-refractivity contribution in [1.82, 2.24) is 5.32 Å². The number of halogens is 1. The number of hydrogen-bond donors (Lipinski definition) is 2. The first-order valence-corrected chi connectivity index (χ1v) is 7.38. The Bertz CT molecular complexity index is 610. The van der Waals surface area contributed by atoms with Gasteiger partial charge in [-0.05, 0) is 42.7 Å². The molecule has 3 nitrogen and oxygen atoms in total. The number of amides is 2. The Labute approximate surface area is 130 Å². The molecule has 0 fully saturated rings. The molecule has 2 N–H and O–H groups in total. The molecule has 2 aromatic carbocycles. The highest BCUT2D eigenvalue weighted by atomic mass is 35.5. The highest BCUT2D eigenvalue weighted by Gasteiger charge is 2.09. The summed E-state index contributed by atoms with van der Waals surface area (Å²) in [5.74, 6) is 0. The molecule has 0 saturated carbocycles. The van der Waals surface area contributed by atoms with Crippen LogP contribution in [0.5, 0.6) is 0 Å². The fraction of sp³-hybridized carbons (Fsp3) is 0.235. The van der Waals surface area contributed by atoms with Crippen LogP contribution >= 0.6 is 11.6 Å². The smallest absolute Gasteiger partial charge is 0.319 e. The van der Waals surface area contributed by atoms with Crippen LogP contribution in [-0.4, -0.2) is 6.03 Å². The largest absolute Gasteiger partial charge is 0.331 e. The van der Waals surface area contributed by atoms with Crippen LogP contribution in [-0.2, 0) is 6.42 Å². The summed E-state index contributed by atoms with van der Waals surface area (Å²) in [4.78, 5) is 12.0. The first-order chi connectivity index (χ1) is 10.1. The lowest BCUT2D eigenvalue weighted by atomic mass is 10.1. The van der Waals surface area contributed by atoms with Crippen LogP contribution in [0.4, 0.5) is 10.5 Å². The van der Waals surface area contributed by atoms with E-state index in [9.17, 15) is 4.79 Å². The fourth-order valence-corrected chi connectivity index (χ4v) is 2.25. The van der Waals surface area contributed by atoms with Crippen molar-refractivity contribution < 1.29 is 4.79 Å². The van der Waals surface area contributed by atoms with E-state index in [1.165, 1.54) is 5.56 Å². The summed E-state index contributed by atoms with van der Waals surface area (Å²) in [6.45, 7) is 4.08. The molecule has 0 aliphatic heterocycles. The van der Waals surface area contributed by atoms with Gasteiger partial charge < -0.3 is 10.6 Å². The molecule has 4 heteroatoms. The van der Waals surface area contributed by atoms with Crippen molar-refractivity contribution in [3.05, 3.63) is 64.7 Å². The molecule has 0 unspecified atom stereocenters. The zero-order chi connectivity index (χ0) is 15.2. The molecule has 0 bridgehead atoms. The van der Waals surface area contributed by atoms with E-state index in [2.05, 4.69) is 29.7 Å². The van der Waals surface area contributed by atoms with E-state index in [4.69, 9.17) is 11.6 Å². The van der Waals surface area contributed by atoms with Crippen LogP contribution in [0.15, 0.2) is 48.5 Å². The first kappa shape index (κ1) is 15.4. The molecule has 0 radical (unpaired) electrons. The second-order valence-corrected chi connectivity index (χ2v) is 5.36. The lowest BCUT2D eigenvalue weighted by molar-refractivity contribution is 0.249. The lowest BCUT2D eigenvalue weighted by Gasteiger charge is -2.15. The summed E-state index contributed by atoms with van der Waals surface area (Å²) in [6, 6.07) is 15.0. The molecular weight excluding hydrogens is 284 g/mol. The van der Waals surface area contributed by atoms with E-state index >= 15 is 0 Å². The molecule has 21 heavy (non-hydrogen) atoms. The Hall–Kier alpha value is -2.00. The highest BCUT2D eigenvalue weighted by molar-refractivity contribution is 6.30. The van der Waals surface area contributed by atoms with Gasteiger partial charge in [-0.3, -0.25) is 0 Å². The van der Waals surface area contributed by atoms with Gasteiger partial charge in [-0.15, -0.1) is 0 Å². The van der Waals surface area contributed by atoms with Crippen molar-refractivity contribution in [3.63, 3.8) is 0 Å². The zero-order valence-electron chi connectivity index (χ0n) is 12.2. The van der Waals surface area contributed by atoms with Crippen LogP contribution in [0.25, 0.3) is 0 Å². The van der Waals surface area contributed by atoms with E-state index in [0.29, 0.717) is 10.7 Å². The van der Waals surface area contributed by atoms with Gasteiger partial charge in [0.25, 0.3) is 0 Å². The van der Waals surface area contributed by atoms with Crippen molar-refractivity contribution >= 4 is 23.3 Å². The van der Waals surface area contributed by atoms with Gasteiger partial charge in [-0.2, -0.15) is 0 Å². The minimum Gasteiger partial charge on any atom is -0.331 e. The average molecular weight is 303 g/mol. The third kappa shape index (κ3) is 4.50. The second kappa shape index (κ2) is 7.14. The van der Waals surface area contributed by atoms with Gasteiger partial charge in [0.05, 0.1) is 6.04 Å². The predicted molar refractivity (Wildman–Crippen MR) is 87.8 cm³/mol. The molecule has 0 aliphatic carbocycles. The molecule has 110 valence electrons. The third-order valence-corrected chi connectivity index (χ3v) is 3.55. The number of aryl methyl sites for hydroxylation is 1. The van der Waals surface area contributed by atoms with Crippen molar-refractivity contribution in [2.45, 2.75) is 26.3 Å². The van der Waals surface area contributed by atoms with Gasteiger partial charge in [0.1, 0.15) is 0 Å². The van der Waals surface area contributed by atoms with E-state index in [-0.39, 0.29) is 12.1 Å². The number of rotatable bonds is 4. The number of benzene rings is 2. The number of urea groups is 1. The van der Waals surface area contributed by atoms with Gasteiger partial charge in [-0.1, -0.05) is 48.9 Å². The molecule has 0 aromatic heterocycles. The third-order valence-electron chi connectivity index (χ3n) is 3.32. The normalized spacial score (nSPS) is 11.8. The molecule has 2 rings (SSSR count). The first-order valence-electron chi connectivity index (χ1n) is 7.00. The summed E-state index contributed by atoms with van der Waals surface area (Å²) in [5, 5.41) is 6.27. The van der Waals surface area contributed by atoms with Crippen molar-refractivity contribution in [1.29, 1.82) is 0 Å². The minimum atomic E-state index is -0.246. The fourth-order valence-electron chi connectivity index (χ4n) is 2.06. The molecule has 1 atom stereocenters. The summed E-state index contributed by atoms with van der Waals surface area (Å²) >= 11 is 5.89. The monoisotopic (exact) mass is 302 g/mol. The summed E-state index contributed by atoms with van der Waals surface area (Å²) in [6.07, 6.45) is 1.01. The molecule has 0 aliphatic rings. The molecule has 0 saturated heterocycles. The maximum Gasteiger partial charge on any atom is 0.319 e. The van der Waals surface area contributed by atoms with E-state index in [0.717, 1.165) is 12.0 Å². The van der Waals surface area contributed by atoms with Crippen molar-refractivity contribution in [3.8, 4) is 0 Å². The highest BCUT2D eigenvalue weighted by Crippen LogP contribution is 2.16.